The molecule has 3 aromatic carbocycles. The van der Waals surface area contributed by atoms with Crippen LogP contribution in [0.1, 0.15) is 81.8 Å². The Kier molecular flexibility index (Phi) is 11.6. The SMILES string of the molecule is CCN(CC)[C@@H](C(=O)N1CCC[C@H]1c1ncc(-c2ccc(-c3ccc(-c4cnc([C@@H]5CCCN5C(=O)[C@](C)(Cn5cccn5)OC(N)=O)[nH]4)cc3)cc2)[nH]1)c1ccccc1. The molecular formula is C46H52N10O4. The van der Waals surface area contributed by atoms with Crippen LogP contribution >= 0.6 is 0 Å². The highest BCUT2D eigenvalue weighted by Gasteiger charge is 2.45. The number of nitrogens with two attached hydrogens (primary N) is 1. The third-order valence-corrected chi connectivity index (χ3v) is 11.9. The molecule has 5 heterocycles. The zero-order chi connectivity index (χ0) is 41.8. The first kappa shape index (κ1) is 40.2. The molecule has 2 saturated heterocycles. The molecule has 0 bridgehead atoms. The summed E-state index contributed by atoms with van der Waals surface area (Å²) < 4.78 is 6.97. The van der Waals surface area contributed by atoms with E-state index in [2.05, 4.69) is 99.5 Å². The van der Waals surface area contributed by atoms with Crippen LogP contribution in [0.5, 0.6) is 0 Å². The molecule has 0 radical (unpaired) electrons. The van der Waals surface area contributed by atoms with E-state index in [0.717, 1.165) is 77.4 Å². The van der Waals surface area contributed by atoms with Gasteiger partial charge < -0.3 is 30.2 Å². The van der Waals surface area contributed by atoms with Crippen molar-refractivity contribution in [3.05, 3.63) is 127 Å². The Balaban J connectivity index is 0.931. The minimum Gasteiger partial charge on any atom is -0.431 e. The van der Waals surface area contributed by atoms with E-state index in [0.29, 0.717) is 25.3 Å². The van der Waals surface area contributed by atoms with Gasteiger partial charge in [0.2, 0.25) is 11.5 Å². The van der Waals surface area contributed by atoms with Crippen molar-refractivity contribution >= 4 is 17.9 Å². The minimum absolute atomic E-state index is 0.0316. The van der Waals surface area contributed by atoms with E-state index in [9.17, 15) is 14.4 Å². The van der Waals surface area contributed by atoms with Gasteiger partial charge in [-0.15, -0.1) is 0 Å². The number of aromatic nitrogens is 6. The highest BCUT2D eigenvalue weighted by Crippen LogP contribution is 2.37. The Bertz CT molecular complexity index is 2390. The van der Waals surface area contributed by atoms with Crippen molar-refractivity contribution in [2.24, 2.45) is 5.73 Å². The molecule has 3 amide bonds. The molecule has 8 rings (SSSR count). The maximum atomic E-state index is 14.2. The summed E-state index contributed by atoms with van der Waals surface area (Å²) in [5.74, 6) is 1.26. The third-order valence-electron chi connectivity index (χ3n) is 11.9. The van der Waals surface area contributed by atoms with E-state index in [1.165, 1.54) is 0 Å². The van der Waals surface area contributed by atoms with Gasteiger partial charge in [-0.25, -0.2) is 14.8 Å². The topological polar surface area (TPSA) is 171 Å². The summed E-state index contributed by atoms with van der Waals surface area (Å²) >= 11 is 0. The van der Waals surface area contributed by atoms with Crippen LogP contribution in [0.15, 0.2) is 110 Å². The van der Waals surface area contributed by atoms with Gasteiger partial charge >= 0.3 is 6.09 Å². The van der Waals surface area contributed by atoms with Gasteiger partial charge in [-0.3, -0.25) is 19.2 Å². The molecule has 14 nitrogen and oxygen atoms in total. The lowest BCUT2D eigenvalue weighted by Crippen LogP contribution is -2.53. The smallest absolute Gasteiger partial charge is 0.405 e. The number of rotatable bonds is 14. The number of amides is 3. The minimum atomic E-state index is -1.54. The average molecular weight is 809 g/mol. The predicted molar refractivity (Wildman–Crippen MR) is 228 cm³/mol. The van der Waals surface area contributed by atoms with E-state index >= 15 is 0 Å². The third kappa shape index (κ3) is 8.19. The number of aromatic amines is 2. The fourth-order valence-electron chi connectivity index (χ4n) is 8.86. The number of imidazole rings is 2. The lowest BCUT2D eigenvalue weighted by molar-refractivity contribution is -0.152. The van der Waals surface area contributed by atoms with Crippen LogP contribution in [-0.4, -0.2) is 94.1 Å². The van der Waals surface area contributed by atoms with Crippen molar-refractivity contribution in [3.8, 4) is 33.6 Å². The maximum Gasteiger partial charge on any atom is 0.405 e. The van der Waals surface area contributed by atoms with Gasteiger partial charge in [-0.05, 0) is 79.6 Å². The van der Waals surface area contributed by atoms with E-state index in [-0.39, 0.29) is 36.5 Å². The van der Waals surface area contributed by atoms with Crippen molar-refractivity contribution in [1.82, 2.24) is 44.4 Å². The number of hydrogen-bond acceptors (Lipinski definition) is 8. The van der Waals surface area contributed by atoms with Crippen molar-refractivity contribution in [3.63, 3.8) is 0 Å². The number of likely N-dealkylation sites (tertiary alicyclic amines) is 2. The Labute approximate surface area is 349 Å². The molecule has 0 saturated carbocycles. The Morgan fingerprint density at radius 1 is 0.783 bits per heavy atom. The first-order valence-corrected chi connectivity index (χ1v) is 20.8. The van der Waals surface area contributed by atoms with Gasteiger partial charge in [0.25, 0.3) is 5.91 Å². The molecule has 60 heavy (non-hydrogen) atoms. The molecule has 6 aromatic rings. The van der Waals surface area contributed by atoms with Crippen molar-refractivity contribution in [2.75, 3.05) is 26.2 Å². The van der Waals surface area contributed by atoms with Gasteiger partial charge in [0.1, 0.15) is 17.7 Å². The Morgan fingerprint density at radius 2 is 1.32 bits per heavy atom. The van der Waals surface area contributed by atoms with Crippen LogP contribution in [0.4, 0.5) is 4.79 Å². The summed E-state index contributed by atoms with van der Waals surface area (Å²) in [5.41, 5.74) is 10.7. The molecule has 0 aliphatic carbocycles. The predicted octanol–water partition coefficient (Wildman–Crippen LogP) is 7.29. The summed E-state index contributed by atoms with van der Waals surface area (Å²) in [6.07, 6.45) is 9.24. The van der Waals surface area contributed by atoms with E-state index in [1.807, 2.05) is 29.3 Å². The van der Waals surface area contributed by atoms with Crippen molar-refractivity contribution in [2.45, 2.75) is 76.7 Å². The molecule has 3 aromatic heterocycles. The van der Waals surface area contributed by atoms with Crippen LogP contribution < -0.4 is 5.73 Å². The van der Waals surface area contributed by atoms with Gasteiger partial charge in [0.05, 0.1) is 42.4 Å². The lowest BCUT2D eigenvalue weighted by atomic mass is 10.0. The zero-order valence-electron chi connectivity index (χ0n) is 34.3. The highest BCUT2D eigenvalue weighted by molar-refractivity contribution is 5.88. The summed E-state index contributed by atoms with van der Waals surface area (Å²) in [4.78, 5) is 62.5. The van der Waals surface area contributed by atoms with E-state index in [1.54, 1.807) is 41.2 Å². The number of likely N-dealkylation sites (N-methyl/N-ethyl adjacent to an activating group) is 1. The maximum absolute atomic E-state index is 14.2. The molecule has 0 spiro atoms. The number of ether oxygens (including phenoxy) is 1. The zero-order valence-corrected chi connectivity index (χ0v) is 34.3. The molecule has 4 N–H and O–H groups in total. The summed E-state index contributed by atoms with van der Waals surface area (Å²) in [7, 11) is 0. The van der Waals surface area contributed by atoms with Gasteiger partial charge in [-0.1, -0.05) is 92.7 Å². The molecule has 310 valence electrons. The summed E-state index contributed by atoms with van der Waals surface area (Å²) in [6.45, 7) is 8.59. The highest BCUT2D eigenvalue weighted by atomic mass is 16.6. The second kappa shape index (κ2) is 17.4. The number of primary amides is 1. The molecule has 0 unspecified atom stereocenters. The summed E-state index contributed by atoms with van der Waals surface area (Å²) in [5, 5.41) is 4.19. The van der Waals surface area contributed by atoms with Gasteiger partial charge in [-0.2, -0.15) is 5.10 Å². The quantitative estimate of drug-likeness (QED) is 0.103. The van der Waals surface area contributed by atoms with E-state index < -0.39 is 11.7 Å². The largest absolute Gasteiger partial charge is 0.431 e. The second-order valence-corrected chi connectivity index (χ2v) is 15.8. The Morgan fingerprint density at radius 3 is 1.83 bits per heavy atom. The average Bonchev–Trinajstić information content (AvgIpc) is 4.12. The number of carbonyl (C=O) groups is 3. The number of carbonyl (C=O) groups excluding carboxylic acids is 3. The van der Waals surface area contributed by atoms with Gasteiger partial charge in [0.15, 0.2) is 0 Å². The molecular weight excluding hydrogens is 757 g/mol. The summed E-state index contributed by atoms with van der Waals surface area (Å²) in [6, 6.07) is 27.8. The first-order chi connectivity index (χ1) is 29.2. The van der Waals surface area contributed by atoms with Crippen molar-refractivity contribution < 1.29 is 19.1 Å². The molecule has 2 fully saturated rings. The number of nitrogens with zero attached hydrogens (tertiary/aromatic N) is 7. The molecule has 2 aliphatic rings. The lowest BCUT2D eigenvalue weighted by Gasteiger charge is -2.34. The van der Waals surface area contributed by atoms with Crippen LogP contribution in [0.2, 0.25) is 0 Å². The number of H-pyrrole nitrogens is 2. The number of benzene rings is 3. The van der Waals surface area contributed by atoms with Crippen LogP contribution in [-0.2, 0) is 20.9 Å². The van der Waals surface area contributed by atoms with Crippen LogP contribution in [0.3, 0.4) is 0 Å². The van der Waals surface area contributed by atoms with Crippen LogP contribution in [0.25, 0.3) is 33.6 Å². The fraction of sp³-hybridized carbons (Fsp3) is 0.348. The second-order valence-electron chi connectivity index (χ2n) is 15.8. The molecule has 4 atom stereocenters. The van der Waals surface area contributed by atoms with E-state index in [4.69, 9.17) is 15.5 Å². The number of nitrogens with one attached hydrogen (secondary N) is 2. The Hall–Kier alpha value is -6.54. The monoisotopic (exact) mass is 808 g/mol. The first-order valence-electron chi connectivity index (χ1n) is 20.8. The fourth-order valence-corrected chi connectivity index (χ4v) is 8.86. The number of hydrogen-bond donors (Lipinski definition) is 3. The van der Waals surface area contributed by atoms with Crippen LogP contribution in [0, 0.1) is 0 Å². The van der Waals surface area contributed by atoms with Gasteiger partial charge in [0, 0.05) is 25.5 Å². The van der Waals surface area contributed by atoms with Crippen molar-refractivity contribution in [1.29, 1.82) is 0 Å². The molecule has 2 aliphatic heterocycles. The molecule has 14 heteroatoms. The normalized spacial score (nSPS) is 18.1. The standard InChI is InChI=1S/C46H52N10O4/c1-4-53(5-2)40(35-12-7-6-8-13-35)43(57)55-26-9-14-38(55)41-48-28-36(51-41)33-20-16-31(17-21-33)32-18-22-34(23-19-32)37-29-49-42(52-37)39-15-10-27-56(39)44(58)46(3,60-45(47)59)30-54-25-11-24-50-54/h6-8,11-13,16-25,28-29,38-40H,4-5,9-10,14-15,26-27,30H2,1-3H3,(H2,47,59)(H,48,51)(H,49,52)/t38-,39-,40+,46-/m0/s1.